The van der Waals surface area contributed by atoms with Gasteiger partial charge in [-0.2, -0.15) is 0 Å². The molecule has 0 N–H and O–H groups in total. The lowest BCUT2D eigenvalue weighted by atomic mass is 10.1. The van der Waals surface area contributed by atoms with Crippen molar-refractivity contribution in [3.63, 3.8) is 0 Å². The molecule has 1 saturated heterocycles. The maximum atomic E-state index is 12.3. The average molecular weight is 306 g/mol. The molecule has 2 rings (SSSR count). The first-order chi connectivity index (χ1) is 10.4. The molecule has 5 nitrogen and oxygen atoms in total. The van der Waals surface area contributed by atoms with Crippen LogP contribution in [0, 0.1) is 0 Å². The van der Waals surface area contributed by atoms with Gasteiger partial charge in [-0.15, -0.1) is 0 Å². The standard InChI is InChI=1S/C17H22O5/c1-17(2,3)22-16(19)15(18)12-8-4-5-9-13(12)21-14-10-6-7-11-20-14/h4-5,8-9,14H,6-7,10-11H2,1-3H3. The summed E-state index contributed by atoms with van der Waals surface area (Å²) < 4.78 is 16.4. The van der Waals surface area contributed by atoms with E-state index < -0.39 is 17.4 Å². The van der Waals surface area contributed by atoms with Crippen LogP contribution in [0.15, 0.2) is 24.3 Å². The quantitative estimate of drug-likeness (QED) is 0.486. The fourth-order valence-corrected chi connectivity index (χ4v) is 2.14. The van der Waals surface area contributed by atoms with Gasteiger partial charge in [0.25, 0.3) is 5.78 Å². The van der Waals surface area contributed by atoms with Crippen molar-refractivity contribution in [3.8, 4) is 5.75 Å². The van der Waals surface area contributed by atoms with Gasteiger partial charge in [0.15, 0.2) is 6.29 Å². The molecule has 1 atom stereocenters. The molecule has 1 aliphatic heterocycles. The van der Waals surface area contributed by atoms with E-state index in [9.17, 15) is 9.59 Å². The van der Waals surface area contributed by atoms with Crippen molar-refractivity contribution in [2.75, 3.05) is 6.61 Å². The monoisotopic (exact) mass is 306 g/mol. The Morgan fingerprint density at radius 2 is 1.91 bits per heavy atom. The Labute approximate surface area is 130 Å². The first-order valence-electron chi connectivity index (χ1n) is 7.52. The number of hydrogen-bond donors (Lipinski definition) is 0. The minimum Gasteiger partial charge on any atom is -0.464 e. The van der Waals surface area contributed by atoms with E-state index in [4.69, 9.17) is 14.2 Å². The summed E-state index contributed by atoms with van der Waals surface area (Å²) in [5.74, 6) is -1.24. The second kappa shape index (κ2) is 6.92. The Hall–Kier alpha value is -1.88. The molecular weight excluding hydrogens is 284 g/mol. The number of carbonyl (C=O) groups is 2. The van der Waals surface area contributed by atoms with E-state index in [0.717, 1.165) is 19.3 Å². The van der Waals surface area contributed by atoms with Gasteiger partial charge in [-0.05, 0) is 45.7 Å². The molecule has 1 aromatic rings. The third-order valence-corrected chi connectivity index (χ3v) is 3.11. The number of Topliss-reactive ketones (excluding diaryl/α,β-unsaturated/α-hetero) is 1. The smallest absolute Gasteiger partial charge is 0.380 e. The zero-order chi connectivity index (χ0) is 16.2. The van der Waals surface area contributed by atoms with Gasteiger partial charge in [0.1, 0.15) is 11.4 Å². The summed E-state index contributed by atoms with van der Waals surface area (Å²) in [6.07, 6.45) is 2.43. The van der Waals surface area contributed by atoms with Crippen LogP contribution in [0.2, 0.25) is 0 Å². The van der Waals surface area contributed by atoms with E-state index in [2.05, 4.69) is 0 Å². The highest BCUT2D eigenvalue weighted by molar-refractivity contribution is 6.41. The van der Waals surface area contributed by atoms with E-state index in [0.29, 0.717) is 12.4 Å². The molecule has 0 aromatic heterocycles. The zero-order valence-corrected chi connectivity index (χ0v) is 13.3. The highest BCUT2D eigenvalue weighted by atomic mass is 16.7. The van der Waals surface area contributed by atoms with Crippen LogP contribution in [0.25, 0.3) is 0 Å². The van der Waals surface area contributed by atoms with Crippen molar-refractivity contribution in [2.24, 2.45) is 0 Å². The van der Waals surface area contributed by atoms with Gasteiger partial charge in [0.2, 0.25) is 0 Å². The zero-order valence-electron chi connectivity index (χ0n) is 13.3. The molecule has 1 aromatic carbocycles. The fourth-order valence-electron chi connectivity index (χ4n) is 2.14. The van der Waals surface area contributed by atoms with Gasteiger partial charge < -0.3 is 14.2 Å². The number of carbonyl (C=O) groups excluding carboxylic acids is 2. The SMILES string of the molecule is CC(C)(C)OC(=O)C(=O)c1ccccc1OC1CCCCO1. The second-order valence-corrected chi connectivity index (χ2v) is 6.24. The number of rotatable bonds is 4. The maximum absolute atomic E-state index is 12.3. The van der Waals surface area contributed by atoms with Gasteiger partial charge in [0, 0.05) is 6.42 Å². The third kappa shape index (κ3) is 4.56. The minimum absolute atomic E-state index is 0.200. The lowest BCUT2D eigenvalue weighted by Gasteiger charge is -2.24. The van der Waals surface area contributed by atoms with E-state index in [-0.39, 0.29) is 11.9 Å². The van der Waals surface area contributed by atoms with Crippen molar-refractivity contribution in [1.82, 2.24) is 0 Å². The molecule has 0 aliphatic carbocycles. The predicted octanol–water partition coefficient (Wildman–Crippen LogP) is 3.12. The van der Waals surface area contributed by atoms with E-state index in [1.54, 1.807) is 45.0 Å². The summed E-state index contributed by atoms with van der Waals surface area (Å²) in [6.45, 7) is 5.80. The van der Waals surface area contributed by atoms with Crippen LogP contribution in [-0.4, -0.2) is 30.3 Å². The molecule has 0 saturated carbocycles. The first-order valence-corrected chi connectivity index (χ1v) is 7.52. The average Bonchev–Trinajstić information content (AvgIpc) is 2.46. The summed E-state index contributed by atoms with van der Waals surface area (Å²) in [4.78, 5) is 24.2. The molecule has 0 radical (unpaired) electrons. The Balaban J connectivity index is 2.13. The van der Waals surface area contributed by atoms with Gasteiger partial charge in [0.05, 0.1) is 12.2 Å². The molecule has 22 heavy (non-hydrogen) atoms. The highest BCUT2D eigenvalue weighted by Gasteiger charge is 2.27. The Bertz CT molecular complexity index is 538. The van der Waals surface area contributed by atoms with Crippen LogP contribution >= 0.6 is 0 Å². The summed E-state index contributed by atoms with van der Waals surface area (Å²) in [5, 5.41) is 0. The number of ether oxygens (including phenoxy) is 3. The van der Waals surface area contributed by atoms with E-state index in [1.807, 2.05) is 0 Å². The molecule has 1 heterocycles. The molecule has 0 spiro atoms. The molecular formula is C17H22O5. The van der Waals surface area contributed by atoms with Gasteiger partial charge in [-0.25, -0.2) is 4.79 Å². The van der Waals surface area contributed by atoms with Crippen molar-refractivity contribution in [1.29, 1.82) is 0 Å². The van der Waals surface area contributed by atoms with Crippen molar-refractivity contribution in [3.05, 3.63) is 29.8 Å². The predicted molar refractivity (Wildman–Crippen MR) is 80.8 cm³/mol. The third-order valence-electron chi connectivity index (χ3n) is 3.11. The van der Waals surface area contributed by atoms with Crippen LogP contribution in [0.4, 0.5) is 0 Å². The normalized spacial score (nSPS) is 18.6. The molecule has 0 bridgehead atoms. The topological polar surface area (TPSA) is 61.8 Å². The number of para-hydroxylation sites is 1. The Morgan fingerprint density at radius 1 is 1.18 bits per heavy atom. The van der Waals surface area contributed by atoms with Crippen LogP contribution in [0.3, 0.4) is 0 Å². The molecule has 1 unspecified atom stereocenters. The highest BCUT2D eigenvalue weighted by Crippen LogP contribution is 2.24. The van der Waals surface area contributed by atoms with Crippen LogP contribution < -0.4 is 4.74 Å². The number of esters is 1. The van der Waals surface area contributed by atoms with Gasteiger partial charge >= 0.3 is 5.97 Å². The lowest BCUT2D eigenvalue weighted by Crippen LogP contribution is -2.30. The molecule has 5 heteroatoms. The van der Waals surface area contributed by atoms with E-state index in [1.165, 1.54) is 0 Å². The lowest BCUT2D eigenvalue weighted by molar-refractivity contribution is -0.148. The minimum atomic E-state index is -0.881. The van der Waals surface area contributed by atoms with Crippen molar-refractivity contribution in [2.45, 2.75) is 51.9 Å². The summed E-state index contributed by atoms with van der Waals surface area (Å²) in [7, 11) is 0. The number of hydrogen-bond acceptors (Lipinski definition) is 5. The number of ketones is 1. The summed E-state index contributed by atoms with van der Waals surface area (Å²) >= 11 is 0. The van der Waals surface area contributed by atoms with Crippen LogP contribution in [0.1, 0.15) is 50.4 Å². The van der Waals surface area contributed by atoms with E-state index >= 15 is 0 Å². The van der Waals surface area contributed by atoms with Crippen LogP contribution in [-0.2, 0) is 14.3 Å². The second-order valence-electron chi connectivity index (χ2n) is 6.24. The number of benzene rings is 1. The molecule has 120 valence electrons. The largest absolute Gasteiger partial charge is 0.464 e. The van der Waals surface area contributed by atoms with Crippen molar-refractivity contribution < 1.29 is 23.8 Å². The summed E-state index contributed by atoms with van der Waals surface area (Å²) in [5.41, 5.74) is -0.513. The summed E-state index contributed by atoms with van der Waals surface area (Å²) in [6, 6.07) is 6.66. The fraction of sp³-hybridized carbons (Fsp3) is 0.529. The molecule has 1 aliphatic rings. The van der Waals surface area contributed by atoms with Gasteiger partial charge in [-0.3, -0.25) is 4.79 Å². The Kier molecular flexibility index (Phi) is 5.19. The first kappa shape index (κ1) is 16.5. The van der Waals surface area contributed by atoms with Crippen molar-refractivity contribution >= 4 is 11.8 Å². The van der Waals surface area contributed by atoms with Gasteiger partial charge in [-0.1, -0.05) is 12.1 Å². The molecule has 0 amide bonds. The van der Waals surface area contributed by atoms with Crippen LogP contribution in [0.5, 0.6) is 5.75 Å². The molecule has 1 fully saturated rings. The maximum Gasteiger partial charge on any atom is 0.380 e. The Morgan fingerprint density at radius 3 is 2.55 bits per heavy atom.